The van der Waals surface area contributed by atoms with Gasteiger partial charge in [0.1, 0.15) is 5.76 Å². The first-order chi connectivity index (χ1) is 10.7. The van der Waals surface area contributed by atoms with E-state index in [1.165, 1.54) is 7.11 Å². The zero-order chi connectivity index (χ0) is 15.5. The zero-order valence-electron chi connectivity index (χ0n) is 12.4. The molecule has 0 spiro atoms. The lowest BCUT2D eigenvalue weighted by Gasteiger charge is -2.18. The standard InChI is InChI=1S/C14H17FN4O3/c1-8-3-10(22-19-8)4-9-6-21-7-12(9)17-14-16-5-11(15)13(18-14)20-2/h3,5,9,12H,4,6-7H2,1-2H3,(H,16,17,18)/t9-,12+/m1/s1. The van der Waals surface area contributed by atoms with Crippen LogP contribution in [-0.2, 0) is 11.2 Å². The minimum absolute atomic E-state index is 0.0144. The summed E-state index contributed by atoms with van der Waals surface area (Å²) in [6, 6.07) is 1.92. The van der Waals surface area contributed by atoms with Gasteiger partial charge in [0.2, 0.25) is 11.8 Å². The van der Waals surface area contributed by atoms with Crippen LogP contribution < -0.4 is 10.1 Å². The van der Waals surface area contributed by atoms with E-state index in [0.29, 0.717) is 25.6 Å². The molecule has 0 saturated carbocycles. The summed E-state index contributed by atoms with van der Waals surface area (Å²) < 4.78 is 28.9. The highest BCUT2D eigenvalue weighted by atomic mass is 19.1. The minimum atomic E-state index is -0.593. The Kier molecular flexibility index (Phi) is 4.19. The monoisotopic (exact) mass is 308 g/mol. The lowest BCUT2D eigenvalue weighted by Crippen LogP contribution is -2.30. The molecule has 7 nitrogen and oxygen atoms in total. The number of methoxy groups -OCH3 is 1. The topological polar surface area (TPSA) is 82.3 Å². The van der Waals surface area contributed by atoms with Crippen molar-refractivity contribution in [3.63, 3.8) is 0 Å². The molecule has 2 atom stereocenters. The second-order valence-electron chi connectivity index (χ2n) is 5.24. The van der Waals surface area contributed by atoms with Crippen LogP contribution in [0.4, 0.5) is 10.3 Å². The van der Waals surface area contributed by atoms with Crippen molar-refractivity contribution in [3.8, 4) is 5.88 Å². The summed E-state index contributed by atoms with van der Waals surface area (Å²) in [5.74, 6) is 0.653. The Hall–Kier alpha value is -2.22. The molecule has 1 saturated heterocycles. The maximum Gasteiger partial charge on any atom is 0.255 e. The molecule has 1 aliphatic heterocycles. The molecular weight excluding hydrogens is 291 g/mol. The lowest BCUT2D eigenvalue weighted by molar-refractivity contribution is 0.183. The Labute approximate surface area is 126 Å². The van der Waals surface area contributed by atoms with Gasteiger partial charge in [0.15, 0.2) is 0 Å². The first-order valence-electron chi connectivity index (χ1n) is 6.98. The molecule has 2 aromatic rings. The smallest absolute Gasteiger partial charge is 0.255 e. The van der Waals surface area contributed by atoms with Gasteiger partial charge in [-0.25, -0.2) is 4.98 Å². The van der Waals surface area contributed by atoms with E-state index in [1.54, 1.807) is 0 Å². The van der Waals surface area contributed by atoms with Crippen LogP contribution in [0.5, 0.6) is 5.88 Å². The fourth-order valence-electron chi connectivity index (χ4n) is 2.46. The van der Waals surface area contributed by atoms with Crippen molar-refractivity contribution in [2.24, 2.45) is 5.92 Å². The number of anilines is 1. The number of halogens is 1. The van der Waals surface area contributed by atoms with Crippen molar-refractivity contribution < 1.29 is 18.4 Å². The molecule has 0 radical (unpaired) electrons. The van der Waals surface area contributed by atoms with E-state index in [1.807, 2.05) is 13.0 Å². The molecule has 1 aliphatic rings. The van der Waals surface area contributed by atoms with Gasteiger partial charge in [-0.15, -0.1) is 0 Å². The summed E-state index contributed by atoms with van der Waals surface area (Å²) in [5.41, 5.74) is 0.852. The van der Waals surface area contributed by atoms with Crippen LogP contribution >= 0.6 is 0 Å². The van der Waals surface area contributed by atoms with Crippen LogP contribution in [0.1, 0.15) is 11.5 Å². The van der Waals surface area contributed by atoms with Crippen molar-refractivity contribution >= 4 is 5.95 Å². The molecule has 0 aliphatic carbocycles. The van der Waals surface area contributed by atoms with Crippen LogP contribution in [-0.4, -0.2) is 41.5 Å². The fourth-order valence-corrected chi connectivity index (χ4v) is 2.46. The molecule has 1 fully saturated rings. The number of rotatable bonds is 5. The number of ether oxygens (including phenoxy) is 2. The molecule has 0 bridgehead atoms. The number of nitrogens with zero attached hydrogens (tertiary/aromatic N) is 3. The molecule has 8 heteroatoms. The molecule has 118 valence electrons. The molecule has 3 heterocycles. The van der Waals surface area contributed by atoms with Crippen molar-refractivity contribution in [1.82, 2.24) is 15.1 Å². The Balaban J connectivity index is 1.68. The van der Waals surface area contributed by atoms with E-state index in [4.69, 9.17) is 14.0 Å². The third kappa shape index (κ3) is 3.16. The maximum atomic E-state index is 13.3. The Morgan fingerprint density at radius 1 is 1.45 bits per heavy atom. The predicted octanol–water partition coefficient (Wildman–Crippen LogP) is 1.59. The van der Waals surface area contributed by atoms with Crippen LogP contribution in [0.2, 0.25) is 0 Å². The van der Waals surface area contributed by atoms with Crippen LogP contribution in [0.15, 0.2) is 16.8 Å². The van der Waals surface area contributed by atoms with E-state index in [0.717, 1.165) is 17.7 Å². The molecule has 2 aromatic heterocycles. The first-order valence-corrected chi connectivity index (χ1v) is 6.98. The number of hydrogen-bond acceptors (Lipinski definition) is 7. The number of hydrogen-bond donors (Lipinski definition) is 1. The van der Waals surface area contributed by atoms with Crippen molar-refractivity contribution in [2.75, 3.05) is 25.6 Å². The SMILES string of the molecule is COc1nc(N[C@H]2COC[C@H]2Cc2cc(C)no2)ncc1F. The van der Waals surface area contributed by atoms with Gasteiger partial charge in [0, 0.05) is 18.4 Å². The average molecular weight is 308 g/mol. The van der Waals surface area contributed by atoms with Gasteiger partial charge in [-0.2, -0.15) is 9.37 Å². The van der Waals surface area contributed by atoms with Crippen molar-refractivity contribution in [1.29, 1.82) is 0 Å². The van der Waals surface area contributed by atoms with Gasteiger partial charge in [-0.1, -0.05) is 5.16 Å². The molecule has 0 amide bonds. The highest BCUT2D eigenvalue weighted by molar-refractivity contribution is 5.30. The second-order valence-corrected chi connectivity index (χ2v) is 5.24. The molecule has 0 unspecified atom stereocenters. The quantitative estimate of drug-likeness (QED) is 0.898. The Bertz CT molecular complexity index is 649. The van der Waals surface area contributed by atoms with Gasteiger partial charge in [0.25, 0.3) is 5.88 Å². The third-order valence-corrected chi connectivity index (χ3v) is 3.56. The Morgan fingerprint density at radius 3 is 3.05 bits per heavy atom. The maximum absolute atomic E-state index is 13.3. The van der Waals surface area contributed by atoms with Crippen molar-refractivity contribution in [2.45, 2.75) is 19.4 Å². The van der Waals surface area contributed by atoms with Gasteiger partial charge >= 0.3 is 0 Å². The van der Waals surface area contributed by atoms with E-state index in [-0.39, 0.29) is 17.8 Å². The average Bonchev–Trinajstić information content (AvgIpc) is 3.11. The molecule has 22 heavy (non-hydrogen) atoms. The van der Waals surface area contributed by atoms with Crippen LogP contribution in [0.25, 0.3) is 0 Å². The normalized spacial score (nSPS) is 21.0. The number of aromatic nitrogens is 3. The van der Waals surface area contributed by atoms with Crippen molar-refractivity contribution in [3.05, 3.63) is 29.5 Å². The molecular formula is C14H17FN4O3. The van der Waals surface area contributed by atoms with Gasteiger partial charge in [-0.3, -0.25) is 0 Å². The molecule has 3 rings (SSSR count). The summed E-state index contributed by atoms with van der Waals surface area (Å²) in [4.78, 5) is 7.92. The zero-order valence-corrected chi connectivity index (χ0v) is 12.4. The van der Waals surface area contributed by atoms with Crippen LogP contribution in [0, 0.1) is 18.7 Å². The van der Waals surface area contributed by atoms with Gasteiger partial charge in [0.05, 0.1) is 38.3 Å². The minimum Gasteiger partial charge on any atom is -0.479 e. The van der Waals surface area contributed by atoms with Gasteiger partial charge in [-0.05, 0) is 6.92 Å². The van der Waals surface area contributed by atoms with E-state index in [2.05, 4.69) is 20.4 Å². The second kappa shape index (κ2) is 6.27. The summed E-state index contributed by atoms with van der Waals surface area (Å²) in [6.45, 7) is 3.02. The van der Waals surface area contributed by atoms with Gasteiger partial charge < -0.3 is 19.3 Å². The first kappa shape index (κ1) is 14.7. The molecule has 1 N–H and O–H groups in total. The summed E-state index contributed by atoms with van der Waals surface area (Å²) >= 11 is 0. The van der Waals surface area contributed by atoms with Crippen LogP contribution in [0.3, 0.4) is 0 Å². The lowest BCUT2D eigenvalue weighted by atomic mass is 9.98. The Morgan fingerprint density at radius 2 is 2.32 bits per heavy atom. The highest BCUT2D eigenvalue weighted by Crippen LogP contribution is 2.23. The number of aryl methyl sites for hydroxylation is 1. The summed E-state index contributed by atoms with van der Waals surface area (Å²) in [7, 11) is 1.36. The predicted molar refractivity (Wildman–Crippen MR) is 75.2 cm³/mol. The highest BCUT2D eigenvalue weighted by Gasteiger charge is 2.30. The van der Waals surface area contributed by atoms with E-state index >= 15 is 0 Å². The fraction of sp³-hybridized carbons (Fsp3) is 0.500. The summed E-state index contributed by atoms with van der Waals surface area (Å²) in [6.07, 6.45) is 1.79. The molecule has 0 aromatic carbocycles. The summed E-state index contributed by atoms with van der Waals surface area (Å²) in [5, 5.41) is 7.04. The largest absolute Gasteiger partial charge is 0.479 e. The van der Waals surface area contributed by atoms with E-state index < -0.39 is 5.82 Å². The van der Waals surface area contributed by atoms with E-state index in [9.17, 15) is 4.39 Å². The number of nitrogens with one attached hydrogen (secondary N) is 1. The third-order valence-electron chi connectivity index (χ3n) is 3.56.